The summed E-state index contributed by atoms with van der Waals surface area (Å²) in [5, 5.41) is 0. The van der Waals surface area contributed by atoms with Crippen LogP contribution in [0.2, 0.25) is 0 Å². The van der Waals surface area contributed by atoms with Gasteiger partial charge in [0.25, 0.3) is 0 Å². The lowest BCUT2D eigenvalue weighted by atomic mass is 10.1. The molecule has 0 bridgehead atoms. The van der Waals surface area contributed by atoms with Gasteiger partial charge in [0.2, 0.25) is 0 Å². The normalized spacial score (nSPS) is 20.2. The Morgan fingerprint density at radius 3 is 2.62 bits per heavy atom. The first kappa shape index (κ1) is 10.5. The minimum Gasteiger partial charge on any atom is -0.467 e. The smallest absolute Gasteiger partial charge is 0.334 e. The molecule has 76 valence electrons. The molecule has 0 saturated heterocycles. The standard InChI is InChI=1S/C10H18O3/c1-8(10(11)12-2)13-7-9-5-3-4-6-9/h8-9H,3-7H2,1-2H3. The molecule has 0 aliphatic heterocycles. The summed E-state index contributed by atoms with van der Waals surface area (Å²) >= 11 is 0. The van der Waals surface area contributed by atoms with Crippen LogP contribution in [0.4, 0.5) is 0 Å². The van der Waals surface area contributed by atoms with Gasteiger partial charge in [0.05, 0.1) is 13.7 Å². The van der Waals surface area contributed by atoms with E-state index in [0.717, 1.165) is 0 Å². The van der Waals surface area contributed by atoms with Crippen LogP contribution in [-0.2, 0) is 14.3 Å². The topological polar surface area (TPSA) is 35.5 Å². The maximum atomic E-state index is 11.0. The average molecular weight is 186 g/mol. The van der Waals surface area contributed by atoms with Crippen LogP contribution in [0.25, 0.3) is 0 Å². The highest BCUT2D eigenvalue weighted by Crippen LogP contribution is 2.25. The lowest BCUT2D eigenvalue weighted by molar-refractivity contribution is -0.153. The third-order valence-electron chi connectivity index (χ3n) is 2.59. The van der Waals surface area contributed by atoms with Crippen LogP contribution >= 0.6 is 0 Å². The first-order chi connectivity index (χ1) is 6.24. The summed E-state index contributed by atoms with van der Waals surface area (Å²) in [6.07, 6.45) is 4.69. The van der Waals surface area contributed by atoms with Gasteiger partial charge in [-0.25, -0.2) is 4.79 Å². The maximum Gasteiger partial charge on any atom is 0.334 e. The summed E-state index contributed by atoms with van der Waals surface area (Å²) in [7, 11) is 1.39. The van der Waals surface area contributed by atoms with Gasteiger partial charge in [-0.05, 0) is 25.7 Å². The van der Waals surface area contributed by atoms with Gasteiger partial charge in [-0.3, -0.25) is 0 Å². The first-order valence-electron chi connectivity index (χ1n) is 4.93. The fourth-order valence-corrected chi connectivity index (χ4v) is 1.69. The largest absolute Gasteiger partial charge is 0.467 e. The van der Waals surface area contributed by atoms with Gasteiger partial charge >= 0.3 is 5.97 Å². The molecule has 1 rings (SSSR count). The highest BCUT2D eigenvalue weighted by Gasteiger charge is 2.19. The molecule has 1 unspecified atom stereocenters. The maximum absolute atomic E-state index is 11.0. The Morgan fingerprint density at radius 1 is 1.46 bits per heavy atom. The Bertz CT molecular complexity index is 162. The van der Waals surface area contributed by atoms with Gasteiger partial charge in [-0.1, -0.05) is 12.8 Å². The van der Waals surface area contributed by atoms with E-state index in [1.165, 1.54) is 32.8 Å². The summed E-state index contributed by atoms with van der Waals surface area (Å²) in [4.78, 5) is 11.0. The summed E-state index contributed by atoms with van der Waals surface area (Å²) in [6.45, 7) is 2.44. The summed E-state index contributed by atoms with van der Waals surface area (Å²) < 4.78 is 9.97. The second kappa shape index (κ2) is 5.22. The Morgan fingerprint density at radius 2 is 2.08 bits per heavy atom. The molecule has 0 amide bonds. The minimum atomic E-state index is -0.411. The molecule has 0 aromatic rings. The molecule has 0 aromatic heterocycles. The second-order valence-electron chi connectivity index (χ2n) is 3.65. The van der Waals surface area contributed by atoms with E-state index < -0.39 is 6.10 Å². The third kappa shape index (κ3) is 3.35. The minimum absolute atomic E-state index is 0.280. The zero-order valence-electron chi connectivity index (χ0n) is 8.41. The van der Waals surface area contributed by atoms with Crippen molar-refractivity contribution >= 4 is 5.97 Å². The van der Waals surface area contributed by atoms with Crippen molar-refractivity contribution in [3.05, 3.63) is 0 Å². The number of esters is 1. The van der Waals surface area contributed by atoms with Crippen molar-refractivity contribution in [1.29, 1.82) is 0 Å². The van der Waals surface area contributed by atoms with Gasteiger partial charge in [0.15, 0.2) is 6.10 Å². The van der Waals surface area contributed by atoms with E-state index in [-0.39, 0.29) is 5.97 Å². The quantitative estimate of drug-likeness (QED) is 0.627. The van der Waals surface area contributed by atoms with Gasteiger partial charge in [-0.2, -0.15) is 0 Å². The summed E-state index contributed by atoms with van der Waals surface area (Å²) in [5.74, 6) is 0.380. The molecular formula is C10H18O3. The zero-order valence-corrected chi connectivity index (χ0v) is 8.41. The van der Waals surface area contributed by atoms with E-state index in [2.05, 4.69) is 4.74 Å². The van der Waals surface area contributed by atoms with E-state index in [1.807, 2.05) is 0 Å². The Balaban J connectivity index is 2.13. The van der Waals surface area contributed by atoms with E-state index in [4.69, 9.17) is 4.74 Å². The average Bonchev–Trinajstić information content (AvgIpc) is 2.65. The van der Waals surface area contributed by atoms with Gasteiger partial charge in [0.1, 0.15) is 0 Å². The van der Waals surface area contributed by atoms with Crippen LogP contribution in [0, 0.1) is 5.92 Å². The van der Waals surface area contributed by atoms with Crippen molar-refractivity contribution in [2.75, 3.05) is 13.7 Å². The first-order valence-corrected chi connectivity index (χ1v) is 4.93. The fourth-order valence-electron chi connectivity index (χ4n) is 1.69. The predicted molar refractivity (Wildman–Crippen MR) is 49.4 cm³/mol. The lowest BCUT2D eigenvalue weighted by Gasteiger charge is -2.14. The monoisotopic (exact) mass is 186 g/mol. The van der Waals surface area contributed by atoms with Crippen LogP contribution in [-0.4, -0.2) is 25.8 Å². The molecule has 1 aliphatic rings. The van der Waals surface area contributed by atoms with Crippen LogP contribution in [0.15, 0.2) is 0 Å². The van der Waals surface area contributed by atoms with Gasteiger partial charge in [0, 0.05) is 0 Å². The molecule has 0 N–H and O–H groups in total. The van der Waals surface area contributed by atoms with E-state index in [9.17, 15) is 4.79 Å². The van der Waals surface area contributed by atoms with E-state index in [1.54, 1.807) is 6.92 Å². The molecule has 1 atom stereocenters. The van der Waals surface area contributed by atoms with Crippen LogP contribution in [0.5, 0.6) is 0 Å². The molecule has 0 radical (unpaired) electrons. The molecule has 1 saturated carbocycles. The summed E-state index contributed by atoms with van der Waals surface area (Å²) in [6, 6.07) is 0. The van der Waals surface area contributed by atoms with Crippen LogP contribution in [0.3, 0.4) is 0 Å². The van der Waals surface area contributed by atoms with Crippen molar-refractivity contribution in [1.82, 2.24) is 0 Å². The fraction of sp³-hybridized carbons (Fsp3) is 0.900. The lowest BCUT2D eigenvalue weighted by Crippen LogP contribution is -2.24. The predicted octanol–water partition coefficient (Wildman–Crippen LogP) is 1.75. The number of hydrogen-bond donors (Lipinski definition) is 0. The van der Waals surface area contributed by atoms with Crippen LogP contribution < -0.4 is 0 Å². The number of methoxy groups -OCH3 is 1. The van der Waals surface area contributed by atoms with Gasteiger partial charge in [-0.15, -0.1) is 0 Å². The second-order valence-corrected chi connectivity index (χ2v) is 3.65. The molecule has 13 heavy (non-hydrogen) atoms. The molecule has 1 fully saturated rings. The SMILES string of the molecule is COC(=O)C(C)OCC1CCCC1. The number of hydrogen-bond acceptors (Lipinski definition) is 3. The Kier molecular flexibility index (Phi) is 4.22. The highest BCUT2D eigenvalue weighted by atomic mass is 16.6. The molecular weight excluding hydrogens is 168 g/mol. The number of ether oxygens (including phenoxy) is 2. The molecule has 0 aromatic carbocycles. The molecule has 3 nitrogen and oxygen atoms in total. The van der Waals surface area contributed by atoms with Crippen molar-refractivity contribution in [3.63, 3.8) is 0 Å². The van der Waals surface area contributed by atoms with Crippen LogP contribution in [0.1, 0.15) is 32.6 Å². The Labute approximate surface area is 79.4 Å². The van der Waals surface area contributed by atoms with Gasteiger partial charge < -0.3 is 9.47 Å². The summed E-state index contributed by atoms with van der Waals surface area (Å²) in [5.41, 5.74) is 0. The van der Waals surface area contributed by atoms with E-state index in [0.29, 0.717) is 12.5 Å². The number of carbonyl (C=O) groups excluding carboxylic acids is 1. The molecule has 0 heterocycles. The molecule has 1 aliphatic carbocycles. The van der Waals surface area contributed by atoms with Crippen molar-refractivity contribution in [2.24, 2.45) is 5.92 Å². The zero-order chi connectivity index (χ0) is 9.68. The number of carbonyl (C=O) groups is 1. The molecule has 0 spiro atoms. The number of rotatable bonds is 4. The van der Waals surface area contributed by atoms with E-state index >= 15 is 0 Å². The third-order valence-corrected chi connectivity index (χ3v) is 2.59. The van der Waals surface area contributed by atoms with Crippen molar-refractivity contribution < 1.29 is 14.3 Å². The Hall–Kier alpha value is -0.570. The molecule has 3 heteroatoms. The highest BCUT2D eigenvalue weighted by molar-refractivity contribution is 5.73. The van der Waals surface area contributed by atoms with Crippen molar-refractivity contribution in [2.45, 2.75) is 38.7 Å². The van der Waals surface area contributed by atoms with Crippen molar-refractivity contribution in [3.8, 4) is 0 Å².